The molecule has 0 aliphatic heterocycles. The Morgan fingerprint density at radius 3 is 1.94 bits per heavy atom. The van der Waals surface area contributed by atoms with Crippen molar-refractivity contribution in [3.8, 4) is 0 Å². The summed E-state index contributed by atoms with van der Waals surface area (Å²) in [7, 11) is 0. The van der Waals surface area contributed by atoms with E-state index in [0.717, 1.165) is 11.8 Å². The quantitative estimate of drug-likeness (QED) is 0.583. The van der Waals surface area contributed by atoms with Crippen LogP contribution in [-0.4, -0.2) is 44.2 Å². The Kier molecular flexibility index (Phi) is 6.55. The Morgan fingerprint density at radius 2 is 1.56 bits per heavy atom. The molecular weight excluding hydrogens is 236 g/mol. The molecule has 0 bridgehead atoms. The first-order chi connectivity index (χ1) is 7.32. The Balaban J connectivity index is 4.06. The van der Waals surface area contributed by atoms with E-state index < -0.39 is 30.2 Å². The number of carbonyl (C=O) groups is 3. The van der Waals surface area contributed by atoms with Crippen molar-refractivity contribution in [1.82, 2.24) is 0 Å². The molecule has 3 N–H and O–H groups in total. The predicted molar refractivity (Wildman–Crippen MR) is 57.6 cm³/mol. The Hall–Kier alpha value is -1.24. The number of hydrogen-bond acceptors (Lipinski definition) is 4. The molecule has 0 aromatic carbocycles. The van der Waals surface area contributed by atoms with Crippen LogP contribution in [0.15, 0.2) is 0 Å². The van der Waals surface area contributed by atoms with Gasteiger partial charge in [0.1, 0.15) is 0 Å². The molecule has 0 rings (SSSR count). The molecule has 6 nitrogen and oxygen atoms in total. The monoisotopic (exact) mass is 250 g/mol. The minimum atomic E-state index is -1.17. The summed E-state index contributed by atoms with van der Waals surface area (Å²) >= 11 is 1.16. The number of carboxylic acids is 3. The van der Waals surface area contributed by atoms with Gasteiger partial charge in [0.25, 0.3) is 0 Å². The van der Waals surface area contributed by atoms with E-state index in [-0.39, 0.29) is 17.4 Å². The van der Waals surface area contributed by atoms with Crippen molar-refractivity contribution in [3.05, 3.63) is 0 Å². The maximum Gasteiger partial charge on any atom is 0.307 e. The van der Waals surface area contributed by atoms with E-state index in [0.29, 0.717) is 0 Å². The number of carboxylic acid groups (broad SMARTS) is 3. The van der Waals surface area contributed by atoms with Crippen molar-refractivity contribution in [2.75, 3.05) is 5.75 Å². The fraction of sp³-hybridized carbons (Fsp3) is 0.667. The molecule has 0 saturated carbocycles. The Morgan fingerprint density at radius 1 is 1.06 bits per heavy atom. The Labute approximate surface area is 96.6 Å². The van der Waals surface area contributed by atoms with Crippen LogP contribution in [0.3, 0.4) is 0 Å². The van der Waals surface area contributed by atoms with Gasteiger partial charge in [0.15, 0.2) is 0 Å². The van der Waals surface area contributed by atoms with E-state index in [9.17, 15) is 14.4 Å². The highest BCUT2D eigenvalue weighted by Gasteiger charge is 2.22. The van der Waals surface area contributed by atoms with Gasteiger partial charge < -0.3 is 15.3 Å². The summed E-state index contributed by atoms with van der Waals surface area (Å²) in [6.07, 6.45) is -0.508. The third kappa shape index (κ3) is 7.10. The van der Waals surface area contributed by atoms with Crippen LogP contribution in [0, 0.1) is 5.92 Å². The van der Waals surface area contributed by atoms with Gasteiger partial charge in [0, 0.05) is 11.0 Å². The molecule has 7 heteroatoms. The second-order valence-electron chi connectivity index (χ2n) is 3.37. The normalized spacial score (nSPS) is 14.1. The molecule has 0 aliphatic carbocycles. The van der Waals surface area contributed by atoms with Crippen LogP contribution in [0.25, 0.3) is 0 Å². The minimum Gasteiger partial charge on any atom is -0.481 e. The average molecular weight is 250 g/mol. The van der Waals surface area contributed by atoms with Gasteiger partial charge in [-0.05, 0) is 0 Å². The molecule has 0 aliphatic rings. The fourth-order valence-electron chi connectivity index (χ4n) is 1.01. The van der Waals surface area contributed by atoms with Crippen LogP contribution in [0.1, 0.15) is 19.8 Å². The third-order valence-corrected chi connectivity index (χ3v) is 3.14. The first kappa shape index (κ1) is 14.8. The topological polar surface area (TPSA) is 112 Å². The summed E-state index contributed by atoms with van der Waals surface area (Å²) in [5.41, 5.74) is 0. The maximum absolute atomic E-state index is 10.7. The first-order valence-corrected chi connectivity index (χ1v) is 5.65. The lowest BCUT2D eigenvalue weighted by molar-refractivity contribution is -0.147. The van der Waals surface area contributed by atoms with Crippen LogP contribution >= 0.6 is 11.8 Å². The van der Waals surface area contributed by atoms with Crippen LogP contribution in [0.2, 0.25) is 0 Å². The molecule has 0 aromatic rings. The van der Waals surface area contributed by atoms with E-state index in [2.05, 4.69) is 0 Å². The summed E-state index contributed by atoms with van der Waals surface area (Å²) < 4.78 is 0. The van der Waals surface area contributed by atoms with Crippen LogP contribution in [-0.2, 0) is 14.4 Å². The van der Waals surface area contributed by atoms with E-state index >= 15 is 0 Å². The SMILES string of the molecule is CC(CC(=O)O)SCC(CC(=O)O)C(=O)O. The molecule has 2 unspecified atom stereocenters. The van der Waals surface area contributed by atoms with Gasteiger partial charge in [-0.1, -0.05) is 6.92 Å². The molecule has 0 spiro atoms. The van der Waals surface area contributed by atoms with E-state index in [1.54, 1.807) is 6.92 Å². The highest BCUT2D eigenvalue weighted by Crippen LogP contribution is 2.19. The second kappa shape index (κ2) is 7.10. The maximum atomic E-state index is 10.7. The van der Waals surface area contributed by atoms with Crippen molar-refractivity contribution in [3.63, 3.8) is 0 Å². The van der Waals surface area contributed by atoms with Gasteiger partial charge >= 0.3 is 17.9 Å². The van der Waals surface area contributed by atoms with Gasteiger partial charge in [0.2, 0.25) is 0 Å². The standard InChI is InChI=1S/C9H14O6S/c1-5(2-7(10)11)16-4-6(9(14)15)3-8(12)13/h5-6H,2-4H2,1H3,(H,10,11)(H,12,13)(H,14,15). The van der Waals surface area contributed by atoms with Gasteiger partial charge in [-0.3, -0.25) is 14.4 Å². The lowest BCUT2D eigenvalue weighted by Crippen LogP contribution is -2.21. The molecular formula is C9H14O6S. The minimum absolute atomic E-state index is 0.0654. The third-order valence-electron chi connectivity index (χ3n) is 1.81. The molecule has 0 fully saturated rings. The molecule has 0 radical (unpaired) electrons. The molecule has 2 atom stereocenters. The number of hydrogen-bond donors (Lipinski definition) is 3. The Bertz CT molecular complexity index is 277. The largest absolute Gasteiger partial charge is 0.481 e. The first-order valence-electron chi connectivity index (χ1n) is 4.61. The van der Waals surface area contributed by atoms with Gasteiger partial charge in [-0.2, -0.15) is 11.8 Å². The van der Waals surface area contributed by atoms with Crippen LogP contribution in [0.5, 0.6) is 0 Å². The van der Waals surface area contributed by atoms with Crippen molar-refractivity contribution in [2.45, 2.75) is 25.0 Å². The summed E-state index contributed by atoms with van der Waals surface area (Å²) in [5, 5.41) is 25.5. The molecule has 0 amide bonds. The van der Waals surface area contributed by atoms with Crippen LogP contribution in [0.4, 0.5) is 0 Å². The summed E-state index contributed by atoms with van der Waals surface area (Å²) in [5.74, 6) is -4.16. The molecule has 16 heavy (non-hydrogen) atoms. The predicted octanol–water partition coefficient (Wildman–Crippen LogP) is 0.758. The van der Waals surface area contributed by atoms with Gasteiger partial charge in [-0.15, -0.1) is 0 Å². The number of aliphatic carboxylic acids is 3. The highest BCUT2D eigenvalue weighted by molar-refractivity contribution is 7.99. The zero-order valence-electron chi connectivity index (χ0n) is 8.75. The lowest BCUT2D eigenvalue weighted by atomic mass is 10.1. The molecule has 0 aromatic heterocycles. The van der Waals surface area contributed by atoms with E-state index in [1.807, 2.05) is 0 Å². The zero-order valence-corrected chi connectivity index (χ0v) is 9.57. The lowest BCUT2D eigenvalue weighted by Gasteiger charge is -2.12. The second-order valence-corrected chi connectivity index (χ2v) is 4.85. The van der Waals surface area contributed by atoms with Gasteiger partial charge in [0.05, 0.1) is 18.8 Å². The molecule has 92 valence electrons. The average Bonchev–Trinajstić information content (AvgIpc) is 2.09. The van der Waals surface area contributed by atoms with Crippen molar-refractivity contribution in [1.29, 1.82) is 0 Å². The summed E-state index contributed by atoms with van der Waals surface area (Å²) in [6, 6.07) is 0. The van der Waals surface area contributed by atoms with Crippen molar-refractivity contribution < 1.29 is 29.7 Å². The van der Waals surface area contributed by atoms with E-state index in [1.165, 1.54) is 0 Å². The highest BCUT2D eigenvalue weighted by atomic mass is 32.2. The molecule has 0 saturated heterocycles. The summed E-state index contributed by atoms with van der Waals surface area (Å²) in [6.45, 7) is 1.67. The summed E-state index contributed by atoms with van der Waals surface area (Å²) in [4.78, 5) is 31.4. The van der Waals surface area contributed by atoms with Crippen molar-refractivity contribution in [2.24, 2.45) is 5.92 Å². The smallest absolute Gasteiger partial charge is 0.307 e. The molecule has 0 heterocycles. The van der Waals surface area contributed by atoms with Gasteiger partial charge in [-0.25, -0.2) is 0 Å². The van der Waals surface area contributed by atoms with Crippen LogP contribution < -0.4 is 0 Å². The number of rotatable bonds is 8. The zero-order chi connectivity index (χ0) is 12.7. The van der Waals surface area contributed by atoms with E-state index in [4.69, 9.17) is 15.3 Å². The number of thioether (sulfide) groups is 1. The fourth-order valence-corrected chi connectivity index (χ4v) is 2.10. The van der Waals surface area contributed by atoms with Crippen molar-refractivity contribution >= 4 is 29.7 Å².